The lowest BCUT2D eigenvalue weighted by Gasteiger charge is -2.29. The summed E-state index contributed by atoms with van der Waals surface area (Å²) < 4.78 is 19.0. The molecule has 1 atom stereocenters. The molecule has 0 amide bonds. The van der Waals surface area contributed by atoms with Crippen LogP contribution in [-0.2, 0) is 6.42 Å². The Bertz CT molecular complexity index is 459. The number of fused-ring (bicyclic) bond motifs is 1. The zero-order chi connectivity index (χ0) is 13.3. The molecule has 1 N–H and O–H groups in total. The predicted octanol–water partition coefficient (Wildman–Crippen LogP) is 3.27. The standard InChI is InChI=1S/C15H19ClFNO/c16-10-15(5-1-2-6-15)18-9-13-8-11-7-12(17)3-4-14(11)19-13/h3-4,7,13,18H,1-2,5-6,8-10H2. The maximum Gasteiger partial charge on any atom is 0.123 e. The van der Waals surface area contributed by atoms with Gasteiger partial charge in [0, 0.05) is 29.9 Å². The monoisotopic (exact) mass is 283 g/mol. The number of nitrogens with one attached hydrogen (secondary N) is 1. The highest BCUT2D eigenvalue weighted by Crippen LogP contribution is 2.32. The molecule has 1 heterocycles. The molecule has 19 heavy (non-hydrogen) atoms. The highest BCUT2D eigenvalue weighted by atomic mass is 35.5. The Labute approximate surface area is 118 Å². The van der Waals surface area contributed by atoms with Gasteiger partial charge in [0.1, 0.15) is 17.7 Å². The average molecular weight is 284 g/mol. The molecular formula is C15H19ClFNO. The molecule has 0 aromatic heterocycles. The first kappa shape index (κ1) is 13.2. The number of alkyl halides is 1. The Kier molecular flexibility index (Phi) is 3.68. The van der Waals surface area contributed by atoms with Crippen LogP contribution >= 0.6 is 11.6 Å². The van der Waals surface area contributed by atoms with E-state index in [0.29, 0.717) is 5.88 Å². The molecule has 1 aromatic rings. The summed E-state index contributed by atoms with van der Waals surface area (Å²) in [4.78, 5) is 0. The Hall–Kier alpha value is -0.800. The third kappa shape index (κ3) is 2.72. The SMILES string of the molecule is Fc1ccc2c(c1)CC(CNC1(CCl)CCCC1)O2. The van der Waals surface area contributed by atoms with Crippen LogP contribution in [0.25, 0.3) is 0 Å². The van der Waals surface area contributed by atoms with Gasteiger partial charge in [0.2, 0.25) is 0 Å². The van der Waals surface area contributed by atoms with Gasteiger partial charge in [-0.3, -0.25) is 0 Å². The summed E-state index contributed by atoms with van der Waals surface area (Å²) in [5.41, 5.74) is 1.06. The van der Waals surface area contributed by atoms with Crippen LogP contribution in [0, 0.1) is 5.82 Å². The molecule has 104 valence electrons. The van der Waals surface area contributed by atoms with Crippen molar-refractivity contribution < 1.29 is 9.13 Å². The highest BCUT2D eigenvalue weighted by molar-refractivity contribution is 6.18. The van der Waals surface area contributed by atoms with Gasteiger partial charge in [-0.15, -0.1) is 11.6 Å². The van der Waals surface area contributed by atoms with Crippen LogP contribution in [-0.4, -0.2) is 24.1 Å². The molecule has 2 nitrogen and oxygen atoms in total. The van der Waals surface area contributed by atoms with E-state index in [0.717, 1.165) is 37.1 Å². The number of benzene rings is 1. The van der Waals surface area contributed by atoms with Gasteiger partial charge in [-0.2, -0.15) is 0 Å². The summed E-state index contributed by atoms with van der Waals surface area (Å²) in [5, 5.41) is 3.59. The number of hydrogen-bond acceptors (Lipinski definition) is 2. The summed E-state index contributed by atoms with van der Waals surface area (Å²) in [6.45, 7) is 0.781. The van der Waals surface area contributed by atoms with Crippen molar-refractivity contribution in [1.29, 1.82) is 0 Å². The molecule has 1 aliphatic heterocycles. The van der Waals surface area contributed by atoms with E-state index in [1.165, 1.54) is 18.9 Å². The molecule has 1 saturated carbocycles. The third-order valence-corrected chi connectivity index (χ3v) is 4.80. The second-order valence-corrected chi connectivity index (χ2v) is 5.97. The number of halogens is 2. The molecule has 0 spiro atoms. The third-order valence-electron chi connectivity index (χ3n) is 4.28. The van der Waals surface area contributed by atoms with Crippen molar-refractivity contribution in [3.63, 3.8) is 0 Å². The minimum absolute atomic E-state index is 0.0882. The van der Waals surface area contributed by atoms with E-state index in [2.05, 4.69) is 5.32 Å². The van der Waals surface area contributed by atoms with Gasteiger partial charge in [-0.05, 0) is 31.0 Å². The quantitative estimate of drug-likeness (QED) is 0.857. The highest BCUT2D eigenvalue weighted by Gasteiger charge is 2.34. The second-order valence-electron chi connectivity index (χ2n) is 5.70. The van der Waals surface area contributed by atoms with Crippen molar-refractivity contribution >= 4 is 11.6 Å². The molecule has 3 rings (SSSR count). The summed E-state index contributed by atoms with van der Waals surface area (Å²) in [6, 6.07) is 4.74. The normalized spacial score (nSPS) is 24.2. The first-order valence-corrected chi connectivity index (χ1v) is 7.50. The zero-order valence-corrected chi connectivity index (χ0v) is 11.7. The molecule has 0 saturated heterocycles. The number of rotatable bonds is 4. The van der Waals surface area contributed by atoms with E-state index in [-0.39, 0.29) is 17.5 Å². The lowest BCUT2D eigenvalue weighted by molar-refractivity contribution is 0.206. The van der Waals surface area contributed by atoms with Crippen LogP contribution in [0.4, 0.5) is 4.39 Å². The molecule has 1 aliphatic carbocycles. The lowest BCUT2D eigenvalue weighted by atomic mass is 10.00. The van der Waals surface area contributed by atoms with Crippen molar-refractivity contribution in [3.05, 3.63) is 29.6 Å². The van der Waals surface area contributed by atoms with Gasteiger partial charge in [0.25, 0.3) is 0 Å². The van der Waals surface area contributed by atoms with E-state index < -0.39 is 0 Å². The molecule has 1 fully saturated rings. The number of ether oxygens (including phenoxy) is 1. The Balaban J connectivity index is 1.58. The van der Waals surface area contributed by atoms with Crippen LogP contribution in [0.15, 0.2) is 18.2 Å². The summed E-state index contributed by atoms with van der Waals surface area (Å²) >= 11 is 6.11. The zero-order valence-electron chi connectivity index (χ0n) is 10.9. The van der Waals surface area contributed by atoms with Crippen LogP contribution in [0.1, 0.15) is 31.2 Å². The topological polar surface area (TPSA) is 21.3 Å². The molecule has 1 aromatic carbocycles. The van der Waals surface area contributed by atoms with E-state index in [1.54, 1.807) is 12.1 Å². The predicted molar refractivity (Wildman–Crippen MR) is 74.4 cm³/mol. The fraction of sp³-hybridized carbons (Fsp3) is 0.600. The lowest BCUT2D eigenvalue weighted by Crippen LogP contribution is -2.48. The summed E-state index contributed by atoms with van der Waals surface area (Å²) in [5.74, 6) is 1.28. The van der Waals surface area contributed by atoms with Gasteiger partial charge in [-0.25, -0.2) is 4.39 Å². The van der Waals surface area contributed by atoms with Gasteiger partial charge in [-0.1, -0.05) is 12.8 Å². The van der Waals surface area contributed by atoms with Gasteiger partial charge >= 0.3 is 0 Å². The molecule has 2 aliphatic rings. The average Bonchev–Trinajstić information content (AvgIpc) is 3.02. The largest absolute Gasteiger partial charge is 0.488 e. The fourth-order valence-electron chi connectivity index (χ4n) is 3.14. The van der Waals surface area contributed by atoms with Crippen LogP contribution in [0.2, 0.25) is 0 Å². The minimum atomic E-state index is -0.191. The molecule has 0 radical (unpaired) electrons. The fourth-order valence-corrected chi connectivity index (χ4v) is 3.50. The van der Waals surface area contributed by atoms with Crippen molar-refractivity contribution in [2.45, 2.75) is 43.7 Å². The Morgan fingerprint density at radius 2 is 2.16 bits per heavy atom. The van der Waals surface area contributed by atoms with Crippen LogP contribution in [0.5, 0.6) is 5.75 Å². The smallest absolute Gasteiger partial charge is 0.123 e. The number of hydrogen-bond donors (Lipinski definition) is 1. The van der Waals surface area contributed by atoms with E-state index in [1.807, 2.05) is 0 Å². The first-order chi connectivity index (χ1) is 9.21. The summed E-state index contributed by atoms with van der Waals surface area (Å²) in [7, 11) is 0. The van der Waals surface area contributed by atoms with Crippen molar-refractivity contribution in [2.75, 3.05) is 12.4 Å². The first-order valence-electron chi connectivity index (χ1n) is 6.97. The van der Waals surface area contributed by atoms with E-state index in [9.17, 15) is 4.39 Å². The van der Waals surface area contributed by atoms with E-state index >= 15 is 0 Å². The van der Waals surface area contributed by atoms with Gasteiger partial charge < -0.3 is 10.1 Å². The molecule has 1 unspecified atom stereocenters. The molecular weight excluding hydrogens is 265 g/mol. The maximum atomic E-state index is 13.1. The van der Waals surface area contributed by atoms with E-state index in [4.69, 9.17) is 16.3 Å². The van der Waals surface area contributed by atoms with Crippen LogP contribution in [0.3, 0.4) is 0 Å². The minimum Gasteiger partial charge on any atom is -0.488 e. The Morgan fingerprint density at radius 1 is 1.37 bits per heavy atom. The van der Waals surface area contributed by atoms with Crippen molar-refractivity contribution in [2.24, 2.45) is 0 Å². The van der Waals surface area contributed by atoms with Crippen LogP contribution < -0.4 is 10.1 Å². The van der Waals surface area contributed by atoms with Gasteiger partial charge in [0.05, 0.1) is 0 Å². The molecule has 4 heteroatoms. The second kappa shape index (κ2) is 5.29. The van der Waals surface area contributed by atoms with Crippen molar-refractivity contribution in [1.82, 2.24) is 5.32 Å². The Morgan fingerprint density at radius 3 is 2.89 bits per heavy atom. The maximum absolute atomic E-state index is 13.1. The molecule has 0 bridgehead atoms. The summed E-state index contributed by atoms with van der Waals surface area (Å²) in [6.07, 6.45) is 5.65. The van der Waals surface area contributed by atoms with Gasteiger partial charge in [0.15, 0.2) is 0 Å². The van der Waals surface area contributed by atoms with Crippen molar-refractivity contribution in [3.8, 4) is 5.75 Å².